The van der Waals surface area contributed by atoms with E-state index in [1.165, 1.54) is 13.1 Å². The van der Waals surface area contributed by atoms with Gasteiger partial charge in [0.05, 0.1) is 11.6 Å². The van der Waals surface area contributed by atoms with Crippen LogP contribution < -0.4 is 21.7 Å². The molecule has 0 spiro atoms. The summed E-state index contributed by atoms with van der Waals surface area (Å²) in [6, 6.07) is 17.3. The molecule has 2 aromatic carbocycles. The van der Waals surface area contributed by atoms with Crippen LogP contribution >= 0.6 is 0 Å². The summed E-state index contributed by atoms with van der Waals surface area (Å²) in [4.78, 5) is 32.1. The molecule has 1 fully saturated rings. The Balaban J connectivity index is 1.61. The van der Waals surface area contributed by atoms with Crippen molar-refractivity contribution in [3.8, 4) is 0 Å². The second-order valence-electron chi connectivity index (χ2n) is 7.58. The summed E-state index contributed by atoms with van der Waals surface area (Å²) < 4.78 is 0. The van der Waals surface area contributed by atoms with Gasteiger partial charge in [-0.2, -0.15) is 4.98 Å². The number of nitrogens with zero attached hydrogens (tertiary/aromatic N) is 2. The molecule has 1 heterocycles. The number of nitrogens with two attached hydrogens (primary N) is 1. The van der Waals surface area contributed by atoms with Gasteiger partial charge in [0, 0.05) is 24.5 Å². The number of anilines is 4. The van der Waals surface area contributed by atoms with E-state index >= 15 is 0 Å². The maximum Gasteiger partial charge on any atom is 0.254 e. The molecule has 2 amide bonds. The molecule has 0 bridgehead atoms. The molecule has 0 saturated heterocycles. The number of carbonyl (C=O) groups is 2. The summed E-state index contributed by atoms with van der Waals surface area (Å²) >= 11 is 0. The molecule has 8 nitrogen and oxygen atoms in total. The van der Waals surface area contributed by atoms with Gasteiger partial charge in [-0.3, -0.25) is 9.59 Å². The van der Waals surface area contributed by atoms with Crippen molar-refractivity contribution >= 4 is 35.0 Å². The molecule has 1 aliphatic carbocycles. The first-order chi connectivity index (χ1) is 15.0. The molecular weight excluding hydrogens is 392 g/mol. The fraction of sp³-hybridized carbons (Fsp3) is 0.217. The van der Waals surface area contributed by atoms with Crippen LogP contribution in [0, 0.1) is 5.92 Å². The zero-order chi connectivity index (χ0) is 21.8. The topological polar surface area (TPSA) is 122 Å². The molecule has 0 aliphatic heterocycles. The quantitative estimate of drug-likeness (QED) is 0.443. The number of hydrogen-bond donors (Lipinski definition) is 4. The highest BCUT2D eigenvalue weighted by Crippen LogP contribution is 2.43. The summed E-state index contributed by atoms with van der Waals surface area (Å²) in [5.41, 5.74) is 8.30. The lowest BCUT2D eigenvalue weighted by Crippen LogP contribution is -2.20. The molecule has 158 valence electrons. The Kier molecular flexibility index (Phi) is 5.79. The van der Waals surface area contributed by atoms with Crippen LogP contribution in [0.2, 0.25) is 0 Å². The summed E-state index contributed by atoms with van der Waals surface area (Å²) in [5.74, 6) is 0.435. The highest BCUT2D eigenvalue weighted by atomic mass is 16.1. The lowest BCUT2D eigenvalue weighted by atomic mass is 10.0. The molecule has 1 unspecified atom stereocenters. The van der Waals surface area contributed by atoms with Gasteiger partial charge in [-0.1, -0.05) is 36.4 Å². The summed E-state index contributed by atoms with van der Waals surface area (Å²) in [5, 5.41) is 9.28. The number of nitrogens with one attached hydrogen (secondary N) is 3. The minimum absolute atomic E-state index is 0.0325. The molecule has 0 radical (unpaired) electrons. The van der Waals surface area contributed by atoms with E-state index in [-0.39, 0.29) is 17.5 Å². The minimum atomic E-state index is -0.593. The Morgan fingerprint density at radius 1 is 1.06 bits per heavy atom. The third-order valence-electron chi connectivity index (χ3n) is 5.04. The number of rotatable bonds is 8. The van der Waals surface area contributed by atoms with Crippen molar-refractivity contribution in [1.29, 1.82) is 0 Å². The van der Waals surface area contributed by atoms with Gasteiger partial charge in [-0.05, 0) is 42.5 Å². The third-order valence-corrected chi connectivity index (χ3v) is 5.04. The lowest BCUT2D eigenvalue weighted by molar-refractivity contribution is -0.114. The van der Waals surface area contributed by atoms with Gasteiger partial charge in [-0.15, -0.1) is 0 Å². The number of amides is 2. The smallest absolute Gasteiger partial charge is 0.254 e. The molecular formula is C23H24N6O2. The van der Waals surface area contributed by atoms with E-state index in [9.17, 15) is 9.59 Å². The molecule has 1 saturated carbocycles. The maximum atomic E-state index is 12.0. The molecule has 5 N–H and O–H groups in total. The van der Waals surface area contributed by atoms with Gasteiger partial charge in [0.1, 0.15) is 5.82 Å². The summed E-state index contributed by atoms with van der Waals surface area (Å²) in [6.07, 6.45) is 3.65. The largest absolute Gasteiger partial charge is 0.365 e. The molecule has 4 rings (SSSR count). The Labute approximate surface area is 180 Å². The standard InChI is InChI=1S/C23H24N6O2/c1-14(30)26-17-8-5-9-18(12-17)27-23-25-13-19(21(24)31)22(29-23)28-20(16-10-11-16)15-6-3-2-4-7-15/h2-9,12-13,16,20H,10-11H2,1H3,(H2,24,31)(H,26,30)(H2,25,27,28,29). The predicted molar refractivity (Wildman–Crippen MR) is 120 cm³/mol. The Bertz CT molecular complexity index is 1100. The molecule has 1 aromatic heterocycles. The van der Waals surface area contributed by atoms with Crippen molar-refractivity contribution in [1.82, 2.24) is 9.97 Å². The first-order valence-electron chi connectivity index (χ1n) is 10.1. The Morgan fingerprint density at radius 3 is 2.48 bits per heavy atom. The maximum absolute atomic E-state index is 12.0. The van der Waals surface area contributed by atoms with Crippen LogP contribution in [0.3, 0.4) is 0 Å². The van der Waals surface area contributed by atoms with Gasteiger partial charge >= 0.3 is 0 Å². The van der Waals surface area contributed by atoms with E-state index in [4.69, 9.17) is 5.73 Å². The number of primary amides is 1. The second kappa shape index (κ2) is 8.83. The highest BCUT2D eigenvalue weighted by Gasteiger charge is 2.33. The number of benzene rings is 2. The van der Waals surface area contributed by atoms with Crippen LogP contribution in [0.15, 0.2) is 60.8 Å². The van der Waals surface area contributed by atoms with Gasteiger partial charge in [-0.25, -0.2) is 4.98 Å². The van der Waals surface area contributed by atoms with Crippen LogP contribution in [0.1, 0.15) is 41.7 Å². The zero-order valence-corrected chi connectivity index (χ0v) is 17.1. The summed E-state index contributed by atoms with van der Waals surface area (Å²) in [6.45, 7) is 1.45. The summed E-state index contributed by atoms with van der Waals surface area (Å²) in [7, 11) is 0. The van der Waals surface area contributed by atoms with Gasteiger partial charge in [0.15, 0.2) is 0 Å². The normalized spacial score (nSPS) is 13.8. The average molecular weight is 416 g/mol. The van der Waals surface area contributed by atoms with Crippen LogP contribution in [0.5, 0.6) is 0 Å². The van der Waals surface area contributed by atoms with E-state index in [1.54, 1.807) is 12.1 Å². The van der Waals surface area contributed by atoms with Crippen molar-refractivity contribution in [2.24, 2.45) is 11.7 Å². The first-order valence-corrected chi connectivity index (χ1v) is 10.1. The Morgan fingerprint density at radius 2 is 1.81 bits per heavy atom. The van der Waals surface area contributed by atoms with Crippen molar-refractivity contribution in [3.05, 3.63) is 71.9 Å². The van der Waals surface area contributed by atoms with Crippen LogP contribution in [-0.4, -0.2) is 21.8 Å². The zero-order valence-electron chi connectivity index (χ0n) is 17.1. The Hall–Kier alpha value is -3.94. The van der Waals surface area contributed by atoms with E-state index in [0.29, 0.717) is 29.1 Å². The van der Waals surface area contributed by atoms with Crippen molar-refractivity contribution in [2.75, 3.05) is 16.0 Å². The molecule has 31 heavy (non-hydrogen) atoms. The molecule has 8 heteroatoms. The van der Waals surface area contributed by atoms with Gasteiger partial charge in [0.2, 0.25) is 11.9 Å². The first kappa shape index (κ1) is 20.3. The van der Waals surface area contributed by atoms with E-state index < -0.39 is 5.91 Å². The van der Waals surface area contributed by atoms with Gasteiger partial charge in [0.25, 0.3) is 5.91 Å². The highest BCUT2D eigenvalue weighted by molar-refractivity contribution is 5.97. The van der Waals surface area contributed by atoms with Crippen molar-refractivity contribution in [3.63, 3.8) is 0 Å². The predicted octanol–water partition coefficient (Wildman–Crippen LogP) is 3.84. The monoisotopic (exact) mass is 416 g/mol. The minimum Gasteiger partial charge on any atom is -0.365 e. The second-order valence-corrected chi connectivity index (χ2v) is 7.58. The number of hydrogen-bond acceptors (Lipinski definition) is 6. The van der Waals surface area contributed by atoms with E-state index in [2.05, 4.69) is 38.1 Å². The van der Waals surface area contributed by atoms with Crippen LogP contribution in [0.25, 0.3) is 0 Å². The van der Waals surface area contributed by atoms with Crippen LogP contribution in [-0.2, 0) is 4.79 Å². The molecule has 1 atom stereocenters. The number of aromatic nitrogens is 2. The third kappa shape index (κ3) is 5.16. The molecule has 1 aliphatic rings. The SMILES string of the molecule is CC(=O)Nc1cccc(Nc2ncc(C(N)=O)c(NC(c3ccccc3)C3CC3)n2)c1. The van der Waals surface area contributed by atoms with Crippen molar-refractivity contribution in [2.45, 2.75) is 25.8 Å². The fourth-order valence-electron chi connectivity index (χ4n) is 3.45. The van der Waals surface area contributed by atoms with E-state index in [1.807, 2.05) is 30.3 Å². The van der Waals surface area contributed by atoms with E-state index in [0.717, 1.165) is 18.4 Å². The number of carbonyl (C=O) groups excluding carboxylic acids is 2. The van der Waals surface area contributed by atoms with Gasteiger partial charge < -0.3 is 21.7 Å². The average Bonchev–Trinajstić information content (AvgIpc) is 3.57. The molecule has 3 aromatic rings. The lowest BCUT2D eigenvalue weighted by Gasteiger charge is -2.21. The van der Waals surface area contributed by atoms with Crippen LogP contribution in [0.4, 0.5) is 23.1 Å². The fourth-order valence-corrected chi connectivity index (χ4v) is 3.45. The van der Waals surface area contributed by atoms with Crippen molar-refractivity contribution < 1.29 is 9.59 Å².